The summed E-state index contributed by atoms with van der Waals surface area (Å²) in [6.07, 6.45) is 0. The van der Waals surface area contributed by atoms with Crippen molar-refractivity contribution in [2.45, 2.75) is 26.4 Å². The molecular weight excluding hydrogens is 212 g/mol. The summed E-state index contributed by atoms with van der Waals surface area (Å²) in [6, 6.07) is 0. The Morgan fingerprint density at radius 1 is 1.62 bits per heavy atom. The van der Waals surface area contributed by atoms with Gasteiger partial charge in [-0.3, -0.25) is 4.79 Å². The second kappa shape index (κ2) is 3.55. The zero-order chi connectivity index (χ0) is 11.9. The van der Waals surface area contributed by atoms with Gasteiger partial charge in [0, 0.05) is 7.11 Å². The molecule has 2 rings (SSSR count). The van der Waals surface area contributed by atoms with E-state index < -0.39 is 11.9 Å². The first kappa shape index (κ1) is 11.1. The second-order valence-corrected chi connectivity index (χ2v) is 4.60. The van der Waals surface area contributed by atoms with Crippen molar-refractivity contribution in [3.05, 3.63) is 11.7 Å². The number of carboxylic acids is 1. The standard InChI is InChI=1S/C10H14N2O4/c1-10(2)6(7(10)9(13)14)8-11-5(4-15-3)12-16-8/h6-7H,4H2,1-3H3,(H,13,14). The molecule has 1 N–H and O–H groups in total. The maximum atomic E-state index is 11.0. The van der Waals surface area contributed by atoms with Crippen molar-refractivity contribution in [2.24, 2.45) is 11.3 Å². The zero-order valence-corrected chi connectivity index (χ0v) is 9.43. The fourth-order valence-corrected chi connectivity index (χ4v) is 2.14. The van der Waals surface area contributed by atoms with Crippen LogP contribution in [0.3, 0.4) is 0 Å². The molecule has 88 valence electrons. The van der Waals surface area contributed by atoms with Crippen LogP contribution in [0.4, 0.5) is 0 Å². The molecule has 1 aromatic heterocycles. The van der Waals surface area contributed by atoms with Crippen LogP contribution in [-0.2, 0) is 16.1 Å². The van der Waals surface area contributed by atoms with Gasteiger partial charge in [-0.15, -0.1) is 0 Å². The van der Waals surface area contributed by atoms with Gasteiger partial charge in [-0.2, -0.15) is 4.98 Å². The molecule has 1 heterocycles. The number of carbonyl (C=O) groups is 1. The van der Waals surface area contributed by atoms with Gasteiger partial charge < -0.3 is 14.4 Å². The van der Waals surface area contributed by atoms with Crippen molar-refractivity contribution in [3.63, 3.8) is 0 Å². The van der Waals surface area contributed by atoms with E-state index in [9.17, 15) is 4.79 Å². The minimum atomic E-state index is -0.818. The number of ether oxygens (including phenoxy) is 1. The van der Waals surface area contributed by atoms with Gasteiger partial charge in [0.25, 0.3) is 0 Å². The maximum Gasteiger partial charge on any atom is 0.307 e. The molecule has 0 amide bonds. The Kier molecular flexibility index (Phi) is 2.46. The third kappa shape index (κ3) is 1.59. The summed E-state index contributed by atoms with van der Waals surface area (Å²) >= 11 is 0. The van der Waals surface area contributed by atoms with Gasteiger partial charge in [0.1, 0.15) is 6.61 Å². The number of rotatable bonds is 4. The normalized spacial score (nSPS) is 26.7. The smallest absolute Gasteiger partial charge is 0.307 e. The van der Waals surface area contributed by atoms with Gasteiger partial charge in [0.05, 0.1) is 11.8 Å². The first-order chi connectivity index (χ1) is 7.48. The van der Waals surface area contributed by atoms with Crippen molar-refractivity contribution < 1.29 is 19.2 Å². The lowest BCUT2D eigenvalue weighted by Crippen LogP contribution is -2.03. The number of nitrogens with zero attached hydrogens (tertiary/aromatic N) is 2. The average Bonchev–Trinajstić information content (AvgIpc) is 2.57. The molecule has 1 aromatic rings. The molecule has 0 aliphatic heterocycles. The number of aliphatic carboxylic acids is 1. The van der Waals surface area contributed by atoms with E-state index in [1.807, 2.05) is 13.8 Å². The Balaban J connectivity index is 2.17. The molecule has 6 nitrogen and oxygen atoms in total. The third-order valence-corrected chi connectivity index (χ3v) is 3.12. The maximum absolute atomic E-state index is 11.0. The average molecular weight is 226 g/mol. The summed E-state index contributed by atoms with van der Waals surface area (Å²) in [4.78, 5) is 15.1. The monoisotopic (exact) mass is 226 g/mol. The van der Waals surface area contributed by atoms with Gasteiger partial charge >= 0.3 is 5.97 Å². The molecule has 1 aliphatic carbocycles. The van der Waals surface area contributed by atoms with Crippen LogP contribution >= 0.6 is 0 Å². The molecule has 1 fully saturated rings. The zero-order valence-electron chi connectivity index (χ0n) is 9.43. The van der Waals surface area contributed by atoms with E-state index in [1.165, 1.54) is 7.11 Å². The molecule has 0 saturated heterocycles. The summed E-state index contributed by atoms with van der Waals surface area (Å²) in [5.41, 5.74) is -0.317. The number of methoxy groups -OCH3 is 1. The van der Waals surface area contributed by atoms with E-state index in [4.69, 9.17) is 14.4 Å². The van der Waals surface area contributed by atoms with Crippen LogP contribution in [0.2, 0.25) is 0 Å². The Bertz CT molecular complexity index is 413. The van der Waals surface area contributed by atoms with Gasteiger partial charge in [0.15, 0.2) is 5.82 Å². The van der Waals surface area contributed by atoms with Crippen molar-refractivity contribution >= 4 is 5.97 Å². The highest BCUT2D eigenvalue weighted by atomic mass is 16.5. The van der Waals surface area contributed by atoms with E-state index in [0.29, 0.717) is 11.7 Å². The lowest BCUT2D eigenvalue weighted by Gasteiger charge is -1.96. The third-order valence-electron chi connectivity index (χ3n) is 3.12. The van der Waals surface area contributed by atoms with E-state index >= 15 is 0 Å². The van der Waals surface area contributed by atoms with Crippen LogP contribution in [0.5, 0.6) is 0 Å². The number of aromatic nitrogens is 2. The van der Waals surface area contributed by atoms with Gasteiger partial charge in [-0.05, 0) is 5.41 Å². The highest BCUT2D eigenvalue weighted by molar-refractivity contribution is 5.77. The molecule has 16 heavy (non-hydrogen) atoms. The van der Waals surface area contributed by atoms with Gasteiger partial charge in [-0.25, -0.2) is 0 Å². The number of hydrogen-bond acceptors (Lipinski definition) is 5. The summed E-state index contributed by atoms with van der Waals surface area (Å²) in [5.74, 6) is -0.610. The van der Waals surface area contributed by atoms with E-state index in [0.717, 1.165) is 0 Å². The predicted molar refractivity (Wildman–Crippen MR) is 52.7 cm³/mol. The first-order valence-electron chi connectivity index (χ1n) is 5.02. The van der Waals surface area contributed by atoms with Crippen LogP contribution in [0.15, 0.2) is 4.52 Å². The lowest BCUT2D eigenvalue weighted by atomic mass is 10.1. The Hall–Kier alpha value is -1.43. The molecule has 0 bridgehead atoms. The fourth-order valence-electron chi connectivity index (χ4n) is 2.14. The van der Waals surface area contributed by atoms with Crippen LogP contribution in [0.25, 0.3) is 0 Å². The molecule has 2 unspecified atom stereocenters. The van der Waals surface area contributed by atoms with Crippen molar-refractivity contribution in [1.82, 2.24) is 10.1 Å². The molecule has 0 radical (unpaired) electrons. The Morgan fingerprint density at radius 3 is 2.81 bits per heavy atom. The summed E-state index contributed by atoms with van der Waals surface area (Å²) in [6.45, 7) is 4.04. The first-order valence-corrected chi connectivity index (χ1v) is 5.02. The largest absolute Gasteiger partial charge is 0.481 e. The minimum Gasteiger partial charge on any atom is -0.481 e. The van der Waals surface area contributed by atoms with E-state index in [1.54, 1.807) is 0 Å². The lowest BCUT2D eigenvalue weighted by molar-refractivity contribution is -0.139. The van der Waals surface area contributed by atoms with Crippen LogP contribution in [0.1, 0.15) is 31.5 Å². The highest BCUT2D eigenvalue weighted by Gasteiger charge is 2.65. The molecule has 1 saturated carbocycles. The molecule has 6 heteroatoms. The number of hydrogen-bond donors (Lipinski definition) is 1. The minimum absolute atomic E-state index is 0.192. The van der Waals surface area contributed by atoms with Crippen molar-refractivity contribution in [2.75, 3.05) is 7.11 Å². The SMILES string of the molecule is COCc1noc(C2C(C(=O)O)C2(C)C)n1. The Morgan fingerprint density at radius 2 is 2.31 bits per heavy atom. The summed E-state index contributed by atoms with van der Waals surface area (Å²) < 4.78 is 9.92. The fraction of sp³-hybridized carbons (Fsp3) is 0.700. The van der Waals surface area contributed by atoms with Crippen molar-refractivity contribution in [3.8, 4) is 0 Å². The summed E-state index contributed by atoms with van der Waals surface area (Å²) in [7, 11) is 1.54. The quantitative estimate of drug-likeness (QED) is 0.825. The van der Waals surface area contributed by atoms with E-state index in [-0.39, 0.29) is 17.9 Å². The van der Waals surface area contributed by atoms with Crippen molar-refractivity contribution in [1.29, 1.82) is 0 Å². The topological polar surface area (TPSA) is 85.5 Å². The molecule has 0 spiro atoms. The molecule has 0 aromatic carbocycles. The molecule has 1 aliphatic rings. The summed E-state index contributed by atoms with van der Waals surface area (Å²) in [5, 5.41) is 12.7. The van der Waals surface area contributed by atoms with E-state index in [2.05, 4.69) is 10.1 Å². The Labute approximate surface area is 92.6 Å². The predicted octanol–water partition coefficient (Wildman–Crippen LogP) is 1.04. The molecular formula is C10H14N2O4. The molecule has 2 atom stereocenters. The van der Waals surface area contributed by atoms with Crippen LogP contribution in [-0.4, -0.2) is 28.3 Å². The van der Waals surface area contributed by atoms with Crippen LogP contribution < -0.4 is 0 Å². The van der Waals surface area contributed by atoms with Gasteiger partial charge in [0.2, 0.25) is 5.89 Å². The number of carboxylic acid groups (broad SMARTS) is 1. The highest BCUT2D eigenvalue weighted by Crippen LogP contribution is 2.63. The second-order valence-electron chi connectivity index (χ2n) is 4.60. The van der Waals surface area contributed by atoms with Crippen LogP contribution in [0, 0.1) is 11.3 Å². The van der Waals surface area contributed by atoms with Gasteiger partial charge in [-0.1, -0.05) is 19.0 Å².